The highest BCUT2D eigenvalue weighted by atomic mass is 31.2. The summed E-state index contributed by atoms with van der Waals surface area (Å²) in [5.41, 5.74) is 0. The molecule has 2 aliphatic rings. The molecule has 2 fully saturated rings. The number of hydrogen-bond acceptors (Lipinski definition) is 16. The van der Waals surface area contributed by atoms with Gasteiger partial charge in [0.2, 0.25) is 0 Å². The molecule has 73 heavy (non-hydrogen) atoms. The van der Waals surface area contributed by atoms with Crippen molar-refractivity contribution in [1.82, 2.24) is 0 Å². The smallest absolute Gasteiger partial charge is 0.462 e. The average molecular weight is 1080 g/mol. The summed E-state index contributed by atoms with van der Waals surface area (Å²) in [7, 11) is -11.5. The second-order valence-corrected chi connectivity index (χ2v) is 22.0. The summed E-state index contributed by atoms with van der Waals surface area (Å²) in [6, 6.07) is 0. The first-order valence-corrected chi connectivity index (χ1v) is 29.8. The summed E-state index contributed by atoms with van der Waals surface area (Å²) < 4.78 is 52.2. The molecule has 0 spiro atoms. The first kappa shape index (κ1) is 66.7. The summed E-state index contributed by atoms with van der Waals surface area (Å²) in [5, 5.41) is 68.1. The van der Waals surface area contributed by atoms with Gasteiger partial charge in [-0.05, 0) is 64.2 Å². The third-order valence-corrected chi connectivity index (χ3v) is 14.5. The molecule has 1 aliphatic heterocycles. The minimum Gasteiger partial charge on any atom is -0.462 e. The third kappa shape index (κ3) is 29.6. The maximum absolute atomic E-state index is 13.9. The Bertz CT molecular complexity index is 1750. The lowest BCUT2D eigenvalue weighted by Crippen LogP contribution is -2.56. The van der Waals surface area contributed by atoms with Crippen molar-refractivity contribution in [3.63, 3.8) is 0 Å². The summed E-state index contributed by atoms with van der Waals surface area (Å²) in [6.07, 6.45) is 13.3. The highest BCUT2D eigenvalue weighted by molar-refractivity contribution is 7.47. The van der Waals surface area contributed by atoms with Gasteiger partial charge in [-0.2, -0.15) is 0 Å². The molecule has 0 amide bonds. The molecule has 1 saturated heterocycles. The molecule has 12 atom stereocenters. The van der Waals surface area contributed by atoms with E-state index in [0.29, 0.717) is 32.1 Å². The number of ether oxygens (including phenoxy) is 2. The van der Waals surface area contributed by atoms with Crippen molar-refractivity contribution >= 4 is 33.4 Å². The Labute approximate surface area is 433 Å². The van der Waals surface area contributed by atoms with Crippen molar-refractivity contribution < 1.29 is 91.9 Å². The molecule has 0 aromatic heterocycles. The van der Waals surface area contributed by atoms with Crippen LogP contribution in [-0.4, -0.2) is 131 Å². The average Bonchev–Trinajstić information content (AvgIpc) is 3.33. The fourth-order valence-corrected chi connectivity index (χ4v) is 10.3. The van der Waals surface area contributed by atoms with Crippen LogP contribution < -0.4 is 0 Å². The van der Waals surface area contributed by atoms with Crippen molar-refractivity contribution in [3.05, 3.63) is 48.6 Å². The SMILES string of the molecule is CCCCCC/C=C\C/C=C\C/C=C\CCCCCCCCC(=O)OC[C@@H]1COP(=O)(O)O[C@H]2[C@H](O)[C@@H](O)[C@H](O)[C@@H](CCCCCCC(=O)O1)[C@@H](O)CC(=O)[C@H](C=C[C@@H](O)CCCCC)[C@@H](O)[C@H]2OP(=O)(O)O. The van der Waals surface area contributed by atoms with Crippen LogP contribution >= 0.6 is 15.6 Å². The second-order valence-electron chi connectivity index (χ2n) is 19.4. The molecular weight excluding hydrogens is 991 g/mol. The molecule has 1 aliphatic carbocycles. The van der Waals surface area contributed by atoms with Gasteiger partial charge in [-0.25, -0.2) is 9.13 Å². The number of esters is 2. The summed E-state index contributed by atoms with van der Waals surface area (Å²) in [4.78, 5) is 70.7. The van der Waals surface area contributed by atoms with Crippen LogP contribution in [0.3, 0.4) is 0 Å². The number of Topliss-reactive ketones (excluding diaryl/α,β-unsaturated/α-hetero) is 1. The van der Waals surface area contributed by atoms with Gasteiger partial charge < -0.3 is 54.8 Å². The van der Waals surface area contributed by atoms with Gasteiger partial charge in [0, 0.05) is 25.2 Å². The van der Waals surface area contributed by atoms with Crippen molar-refractivity contribution in [2.75, 3.05) is 13.2 Å². The molecule has 1 saturated carbocycles. The number of phosphoric acid groups is 2. The van der Waals surface area contributed by atoms with Crippen LogP contribution in [0.2, 0.25) is 0 Å². The Morgan fingerprint density at radius 1 is 0.767 bits per heavy atom. The zero-order chi connectivity index (χ0) is 54.1. The topological polar surface area (TPSA) is 314 Å². The van der Waals surface area contributed by atoms with E-state index in [0.717, 1.165) is 82.8 Å². The van der Waals surface area contributed by atoms with Gasteiger partial charge in [0.05, 0.1) is 36.9 Å². The molecule has 0 aromatic rings. The van der Waals surface area contributed by atoms with Gasteiger partial charge in [0.1, 0.15) is 36.8 Å². The largest absolute Gasteiger partial charge is 0.472 e. The summed E-state index contributed by atoms with van der Waals surface area (Å²) in [5.74, 6) is -5.63. The quantitative estimate of drug-likeness (QED) is 0.0156. The number of carbonyl (C=O) groups excluding carboxylic acids is 3. The maximum atomic E-state index is 13.9. The van der Waals surface area contributed by atoms with E-state index in [9.17, 15) is 68.8 Å². The Kier molecular flexibility index (Phi) is 34.8. The number of aliphatic hydroxyl groups excluding tert-OH is 6. The van der Waals surface area contributed by atoms with Crippen LogP contribution in [-0.2, 0) is 46.6 Å². The van der Waals surface area contributed by atoms with Crippen molar-refractivity contribution in [3.8, 4) is 0 Å². The molecule has 2 rings (SSSR count). The summed E-state index contributed by atoms with van der Waals surface area (Å²) in [6.45, 7) is 2.56. The van der Waals surface area contributed by atoms with E-state index in [1.165, 1.54) is 25.7 Å². The first-order valence-electron chi connectivity index (χ1n) is 26.8. The van der Waals surface area contributed by atoms with E-state index in [1.807, 2.05) is 6.92 Å². The van der Waals surface area contributed by atoms with Crippen LogP contribution in [0.25, 0.3) is 0 Å². The number of allylic oxidation sites excluding steroid dienone is 6. The Morgan fingerprint density at radius 2 is 1.36 bits per heavy atom. The molecule has 1 heterocycles. The first-order chi connectivity index (χ1) is 34.8. The lowest BCUT2D eigenvalue weighted by molar-refractivity contribution is -0.165. The molecule has 19 nitrogen and oxygen atoms in total. The maximum Gasteiger partial charge on any atom is 0.472 e. The van der Waals surface area contributed by atoms with E-state index in [1.54, 1.807) is 0 Å². The minimum absolute atomic E-state index is 0.0412. The lowest BCUT2D eigenvalue weighted by Gasteiger charge is -2.38. The van der Waals surface area contributed by atoms with Crippen molar-refractivity contribution in [1.29, 1.82) is 0 Å². The van der Waals surface area contributed by atoms with Crippen molar-refractivity contribution in [2.24, 2.45) is 11.8 Å². The lowest BCUT2D eigenvalue weighted by atomic mass is 9.82. The van der Waals surface area contributed by atoms with E-state index in [2.05, 4.69) is 43.4 Å². The Balaban J connectivity index is 2.16. The number of phosphoric ester groups is 2. The molecule has 0 aromatic carbocycles. The van der Waals surface area contributed by atoms with Gasteiger partial charge >= 0.3 is 27.6 Å². The standard InChI is InChI=1S/C52H90O19P2/c1-3-5-7-8-9-10-11-12-13-14-15-16-17-18-19-20-21-22-23-28-32-45(56)67-37-40-38-68-73(65,66)71-52-50(61)49(60)47(58)41(31-27-24-25-29-33-46(57)69-40)43(54)36-44(55)42(35-34-39(53)30-26-6-4-2)48(59)51(52)70-72(62,63)64/h10-11,13-14,16-17,34-35,39-43,47-54,58-61H,3-9,12,15,18-33,36-38H2,1-2H3,(H,65,66)(H2,62,63,64)/b11-10-,14-13-,17-16-,35-34?/t39-,40+,41-,42-,43-,47+,48+,49-,50+,51+,52-/m0/s1. The Morgan fingerprint density at radius 3 is 2.00 bits per heavy atom. The number of rotatable bonds is 28. The van der Waals surface area contributed by atoms with E-state index in [4.69, 9.17) is 23.0 Å². The van der Waals surface area contributed by atoms with Crippen molar-refractivity contribution in [2.45, 2.75) is 236 Å². The van der Waals surface area contributed by atoms with Gasteiger partial charge in [0.25, 0.3) is 0 Å². The molecule has 1 unspecified atom stereocenters. The van der Waals surface area contributed by atoms with Crippen LogP contribution in [0, 0.1) is 11.8 Å². The highest BCUT2D eigenvalue weighted by Crippen LogP contribution is 2.49. The van der Waals surface area contributed by atoms with Crippen LogP contribution in [0.4, 0.5) is 0 Å². The minimum atomic E-state index is -5.79. The molecule has 2 bridgehead atoms. The predicted octanol–water partition coefficient (Wildman–Crippen LogP) is 7.82. The number of carbonyl (C=O) groups is 3. The number of cyclic esters (lactones) is 1. The monoisotopic (exact) mass is 1080 g/mol. The van der Waals surface area contributed by atoms with Gasteiger partial charge in [-0.15, -0.1) is 0 Å². The fraction of sp³-hybridized carbons (Fsp3) is 0.788. The highest BCUT2D eigenvalue weighted by Gasteiger charge is 2.51. The zero-order valence-corrected chi connectivity index (χ0v) is 45.1. The predicted molar refractivity (Wildman–Crippen MR) is 274 cm³/mol. The van der Waals surface area contributed by atoms with Crippen LogP contribution in [0.15, 0.2) is 48.6 Å². The number of unbranched alkanes of at least 4 members (excludes halogenated alkanes) is 12. The summed E-state index contributed by atoms with van der Waals surface area (Å²) >= 11 is 0. The molecular formula is C52H90O19P2. The zero-order valence-electron chi connectivity index (χ0n) is 43.3. The van der Waals surface area contributed by atoms with E-state index >= 15 is 0 Å². The normalized spacial score (nSPS) is 29.5. The van der Waals surface area contributed by atoms with Crippen LogP contribution in [0.1, 0.15) is 181 Å². The molecule has 422 valence electrons. The molecule has 21 heteroatoms. The number of aliphatic hydroxyl groups is 6. The number of fused-ring (bicyclic) bond motifs is 4. The number of ketones is 1. The van der Waals surface area contributed by atoms with Crippen LogP contribution in [0.5, 0.6) is 0 Å². The van der Waals surface area contributed by atoms with Gasteiger partial charge in [-0.1, -0.05) is 146 Å². The molecule has 9 N–H and O–H groups in total. The van der Waals surface area contributed by atoms with E-state index in [-0.39, 0.29) is 32.1 Å². The fourth-order valence-electron chi connectivity index (χ4n) is 8.78. The Hall–Kier alpha value is -2.45. The van der Waals surface area contributed by atoms with Gasteiger partial charge in [-0.3, -0.25) is 28.0 Å². The number of hydrogen-bond donors (Lipinski definition) is 9. The van der Waals surface area contributed by atoms with E-state index < -0.39 is 120 Å². The van der Waals surface area contributed by atoms with Gasteiger partial charge in [0.15, 0.2) is 6.10 Å². The molecule has 0 radical (unpaired) electrons. The third-order valence-electron chi connectivity index (χ3n) is 13.0. The second kappa shape index (κ2) is 38.2.